The van der Waals surface area contributed by atoms with Crippen molar-refractivity contribution in [3.05, 3.63) is 169 Å². The van der Waals surface area contributed by atoms with E-state index in [0.717, 1.165) is 17.8 Å². The molecule has 0 atom stereocenters. The van der Waals surface area contributed by atoms with Crippen LogP contribution < -0.4 is 4.90 Å². The van der Waals surface area contributed by atoms with Gasteiger partial charge in [0.05, 0.1) is 0 Å². The second kappa shape index (κ2) is 12.6. The highest BCUT2D eigenvalue weighted by molar-refractivity contribution is 5.87. The molecule has 0 aliphatic rings. The highest BCUT2D eigenvalue weighted by Gasteiger charge is 2.17. The van der Waals surface area contributed by atoms with Gasteiger partial charge in [-0.2, -0.15) is 0 Å². The second-order valence-electron chi connectivity index (χ2n) is 10.4. The Balaban J connectivity index is 1.46. The van der Waals surface area contributed by atoms with E-state index in [0.29, 0.717) is 0 Å². The number of anilines is 2. The topological polar surface area (TPSA) is 3.24 Å². The average molecular weight is 542 g/mol. The summed E-state index contributed by atoms with van der Waals surface area (Å²) in [5, 5.41) is 0. The minimum atomic E-state index is 0.923. The Labute approximate surface area is 250 Å². The summed E-state index contributed by atoms with van der Waals surface area (Å²) in [4.78, 5) is 2.41. The normalized spacial score (nSPS) is 11.3. The Morgan fingerprint density at radius 3 is 1.19 bits per heavy atom. The third-order valence-electron chi connectivity index (χ3n) is 7.84. The van der Waals surface area contributed by atoms with Crippen molar-refractivity contribution < 1.29 is 0 Å². The summed E-state index contributed by atoms with van der Waals surface area (Å²) < 4.78 is 0. The second-order valence-corrected chi connectivity index (χ2v) is 10.4. The minimum Gasteiger partial charge on any atom is -0.315 e. The van der Waals surface area contributed by atoms with Gasteiger partial charge in [0, 0.05) is 17.1 Å². The monoisotopic (exact) mass is 541 g/mol. The molecule has 0 radical (unpaired) electrons. The molecule has 0 heterocycles. The lowest BCUT2D eigenvalue weighted by Crippen LogP contribution is -2.16. The maximum absolute atomic E-state index is 2.41. The number of rotatable bonds is 8. The molecule has 0 aliphatic carbocycles. The number of nitrogens with zero attached hydrogens (tertiary/aromatic N) is 1. The van der Waals surface area contributed by atoms with Crippen molar-refractivity contribution in [1.29, 1.82) is 0 Å². The molecule has 6 aromatic rings. The smallest absolute Gasteiger partial charge is 0.0464 e. The van der Waals surface area contributed by atoms with Gasteiger partial charge in [-0.05, 0) is 82.1 Å². The molecule has 1 nitrogen and oxygen atoms in total. The fourth-order valence-electron chi connectivity index (χ4n) is 5.81. The van der Waals surface area contributed by atoms with E-state index in [4.69, 9.17) is 0 Å². The van der Waals surface area contributed by atoms with E-state index in [1.165, 1.54) is 50.2 Å². The predicted molar refractivity (Wildman–Crippen MR) is 181 cm³/mol. The lowest BCUT2D eigenvalue weighted by atomic mass is 9.93. The van der Waals surface area contributed by atoms with Crippen LogP contribution in [0, 0.1) is 0 Å². The molecule has 0 saturated carbocycles. The van der Waals surface area contributed by atoms with Crippen molar-refractivity contribution in [2.75, 3.05) is 4.90 Å². The lowest BCUT2D eigenvalue weighted by molar-refractivity contribution is 1.01. The first-order valence-electron chi connectivity index (χ1n) is 14.7. The summed E-state index contributed by atoms with van der Waals surface area (Å²) in [5.41, 5.74) is 13.4. The van der Waals surface area contributed by atoms with Gasteiger partial charge < -0.3 is 4.90 Å². The van der Waals surface area contributed by atoms with Gasteiger partial charge in [0.25, 0.3) is 0 Å². The van der Waals surface area contributed by atoms with Crippen LogP contribution in [0.5, 0.6) is 0 Å². The summed E-state index contributed by atoms with van der Waals surface area (Å²) in [6.07, 6.45) is 3.15. The molecule has 42 heavy (non-hydrogen) atoms. The van der Waals surface area contributed by atoms with Crippen LogP contribution in [-0.2, 0) is 0 Å². The molecular weight excluding hydrogens is 506 g/mol. The minimum absolute atomic E-state index is 0.923. The van der Waals surface area contributed by atoms with E-state index in [9.17, 15) is 0 Å². The SMILES string of the molecule is C/C=C(\CC)N(c1cccc(-c2ccccc2-c2ccccc2)c1)c1cccc(-c2ccccc2-c2ccccc2)c1. The van der Waals surface area contributed by atoms with E-state index in [-0.39, 0.29) is 0 Å². The molecule has 0 saturated heterocycles. The maximum Gasteiger partial charge on any atom is 0.0464 e. The summed E-state index contributed by atoms with van der Waals surface area (Å²) in [7, 11) is 0. The number of hydrogen-bond acceptors (Lipinski definition) is 1. The van der Waals surface area contributed by atoms with Crippen molar-refractivity contribution >= 4 is 11.4 Å². The molecule has 0 bridgehead atoms. The third kappa shape index (κ3) is 5.55. The van der Waals surface area contributed by atoms with Crippen LogP contribution in [-0.4, -0.2) is 0 Å². The van der Waals surface area contributed by atoms with E-state index in [2.05, 4.69) is 183 Å². The number of allylic oxidation sites excluding steroid dienone is 2. The molecule has 0 amide bonds. The highest BCUT2D eigenvalue weighted by Crippen LogP contribution is 2.39. The van der Waals surface area contributed by atoms with Crippen molar-refractivity contribution in [3.63, 3.8) is 0 Å². The zero-order valence-corrected chi connectivity index (χ0v) is 24.2. The van der Waals surface area contributed by atoms with E-state index < -0.39 is 0 Å². The molecule has 0 fully saturated rings. The van der Waals surface area contributed by atoms with Gasteiger partial charge in [0.1, 0.15) is 0 Å². The van der Waals surface area contributed by atoms with Gasteiger partial charge in [0.2, 0.25) is 0 Å². The summed E-state index contributed by atoms with van der Waals surface area (Å²) in [5.74, 6) is 0. The van der Waals surface area contributed by atoms with Crippen molar-refractivity contribution in [2.45, 2.75) is 20.3 Å². The Kier molecular flexibility index (Phi) is 8.10. The zero-order chi connectivity index (χ0) is 28.7. The maximum atomic E-state index is 2.41. The lowest BCUT2D eigenvalue weighted by Gasteiger charge is -2.28. The molecule has 6 aromatic carbocycles. The van der Waals surface area contributed by atoms with E-state index >= 15 is 0 Å². The fourth-order valence-corrected chi connectivity index (χ4v) is 5.81. The first-order chi connectivity index (χ1) is 20.8. The molecule has 0 spiro atoms. The van der Waals surface area contributed by atoms with Gasteiger partial charge in [-0.1, -0.05) is 146 Å². The molecule has 0 aliphatic heterocycles. The van der Waals surface area contributed by atoms with Crippen LogP contribution in [0.4, 0.5) is 11.4 Å². The van der Waals surface area contributed by atoms with Crippen LogP contribution in [0.1, 0.15) is 20.3 Å². The largest absolute Gasteiger partial charge is 0.315 e. The molecule has 0 aromatic heterocycles. The molecule has 0 N–H and O–H groups in total. The first kappa shape index (κ1) is 27.1. The number of hydrogen-bond donors (Lipinski definition) is 0. The third-order valence-corrected chi connectivity index (χ3v) is 7.84. The zero-order valence-electron chi connectivity index (χ0n) is 24.2. The molecule has 6 rings (SSSR count). The van der Waals surface area contributed by atoms with Gasteiger partial charge in [-0.15, -0.1) is 0 Å². The van der Waals surface area contributed by atoms with Gasteiger partial charge >= 0.3 is 0 Å². The summed E-state index contributed by atoms with van der Waals surface area (Å²) in [6.45, 7) is 4.36. The van der Waals surface area contributed by atoms with E-state index in [1.54, 1.807) is 0 Å². The summed E-state index contributed by atoms with van der Waals surface area (Å²) in [6, 6.07) is 56.6. The summed E-state index contributed by atoms with van der Waals surface area (Å²) >= 11 is 0. The van der Waals surface area contributed by atoms with Crippen LogP contribution in [0.2, 0.25) is 0 Å². The van der Waals surface area contributed by atoms with Crippen molar-refractivity contribution in [1.82, 2.24) is 0 Å². The van der Waals surface area contributed by atoms with Crippen molar-refractivity contribution in [2.24, 2.45) is 0 Å². The fraction of sp³-hybridized carbons (Fsp3) is 0.0732. The quantitative estimate of drug-likeness (QED) is 0.185. The van der Waals surface area contributed by atoms with Crippen LogP contribution >= 0.6 is 0 Å². The molecule has 0 unspecified atom stereocenters. The Bertz CT molecular complexity index is 1690. The van der Waals surface area contributed by atoms with Crippen molar-refractivity contribution in [3.8, 4) is 44.5 Å². The molecule has 1 heteroatoms. The molecular formula is C41H35N. The van der Waals surface area contributed by atoms with E-state index in [1.807, 2.05) is 0 Å². The Hall–Kier alpha value is -5.14. The highest BCUT2D eigenvalue weighted by atomic mass is 15.1. The molecule has 204 valence electrons. The number of benzene rings is 6. The van der Waals surface area contributed by atoms with Gasteiger partial charge in [-0.25, -0.2) is 0 Å². The van der Waals surface area contributed by atoms with Crippen LogP contribution in [0.25, 0.3) is 44.5 Å². The average Bonchev–Trinajstić information content (AvgIpc) is 3.08. The predicted octanol–water partition coefficient (Wildman–Crippen LogP) is 11.8. The van der Waals surface area contributed by atoms with Crippen LogP contribution in [0.3, 0.4) is 0 Å². The standard InChI is InChI=1S/C41H35N/c1-3-35(4-2)42(36-23-15-21-33(29-36)40-27-13-11-25-38(40)31-17-7-5-8-18-31)37-24-16-22-34(30-37)41-28-14-12-26-39(41)32-19-9-6-10-20-32/h3,5-30H,4H2,1-2H3/b35-3+. The Morgan fingerprint density at radius 2 is 0.810 bits per heavy atom. The van der Waals surface area contributed by atoms with Crippen LogP contribution in [0.15, 0.2) is 169 Å². The van der Waals surface area contributed by atoms with Gasteiger partial charge in [-0.3, -0.25) is 0 Å². The first-order valence-corrected chi connectivity index (χ1v) is 14.7. The Morgan fingerprint density at radius 1 is 0.452 bits per heavy atom. The van der Waals surface area contributed by atoms with Gasteiger partial charge in [0.15, 0.2) is 0 Å².